The molecule has 0 radical (unpaired) electrons. The molecule has 118 valence electrons. The van der Waals surface area contributed by atoms with Gasteiger partial charge in [0.05, 0.1) is 11.6 Å². The first-order chi connectivity index (χ1) is 10.1. The van der Waals surface area contributed by atoms with E-state index in [0.717, 1.165) is 19.0 Å². The number of methoxy groups -OCH3 is 1. The molecule has 0 aliphatic carbocycles. The minimum Gasteiger partial charge on any atom is -0.381 e. The second-order valence-electron chi connectivity index (χ2n) is 5.43. The Hall–Kier alpha value is -1.04. The van der Waals surface area contributed by atoms with Crippen LogP contribution in [0.3, 0.4) is 0 Å². The maximum atomic E-state index is 14.2. The van der Waals surface area contributed by atoms with Crippen LogP contribution in [0.5, 0.6) is 0 Å². The van der Waals surface area contributed by atoms with Crippen LogP contribution < -0.4 is 5.32 Å². The molecule has 1 heterocycles. The van der Waals surface area contributed by atoms with Gasteiger partial charge in [0.15, 0.2) is 0 Å². The Morgan fingerprint density at radius 2 is 2.05 bits per heavy atom. The summed E-state index contributed by atoms with van der Waals surface area (Å²) in [4.78, 5) is 0. The van der Waals surface area contributed by atoms with E-state index in [1.54, 1.807) is 7.11 Å². The van der Waals surface area contributed by atoms with Gasteiger partial charge >= 0.3 is 0 Å². The van der Waals surface area contributed by atoms with Crippen molar-refractivity contribution in [2.75, 3.05) is 26.9 Å². The van der Waals surface area contributed by atoms with Crippen molar-refractivity contribution in [1.29, 1.82) is 0 Å². The molecule has 0 amide bonds. The van der Waals surface area contributed by atoms with Gasteiger partial charge in [0.2, 0.25) is 0 Å². The average molecular weight is 299 g/mol. The molecule has 1 aliphatic heterocycles. The van der Waals surface area contributed by atoms with Crippen LogP contribution in [0.15, 0.2) is 18.2 Å². The predicted molar refractivity (Wildman–Crippen MR) is 77.2 cm³/mol. The highest BCUT2D eigenvalue weighted by molar-refractivity contribution is 5.25. The number of nitrogens with one attached hydrogen (secondary N) is 1. The second kappa shape index (κ2) is 7.29. The molecule has 1 aliphatic rings. The molecule has 0 saturated carbocycles. The molecule has 0 bridgehead atoms. The summed E-state index contributed by atoms with van der Waals surface area (Å²) in [5.41, 5.74) is -0.0693. The summed E-state index contributed by atoms with van der Waals surface area (Å²) in [6.45, 7) is 3.96. The van der Waals surface area contributed by atoms with Crippen molar-refractivity contribution >= 4 is 0 Å². The van der Waals surface area contributed by atoms with E-state index >= 15 is 0 Å². The van der Waals surface area contributed by atoms with E-state index < -0.39 is 17.2 Å². The lowest BCUT2D eigenvalue weighted by Crippen LogP contribution is -2.49. The van der Waals surface area contributed by atoms with Gasteiger partial charge < -0.3 is 14.8 Å². The molecular formula is C16H23F2NO2. The van der Waals surface area contributed by atoms with Crippen LogP contribution in [0.2, 0.25) is 0 Å². The minimum absolute atomic E-state index is 0.313. The number of benzene rings is 1. The summed E-state index contributed by atoms with van der Waals surface area (Å²) in [6, 6.07) is 3.42. The Balaban J connectivity index is 2.36. The third-order valence-electron chi connectivity index (χ3n) is 4.14. The molecule has 21 heavy (non-hydrogen) atoms. The fourth-order valence-electron chi connectivity index (χ4n) is 2.93. The summed E-state index contributed by atoms with van der Waals surface area (Å²) >= 11 is 0. The van der Waals surface area contributed by atoms with Crippen molar-refractivity contribution in [3.63, 3.8) is 0 Å². The number of hydrogen-bond donors (Lipinski definition) is 1. The lowest BCUT2D eigenvalue weighted by molar-refractivity contribution is -0.112. The lowest BCUT2D eigenvalue weighted by atomic mass is 9.81. The Morgan fingerprint density at radius 3 is 2.62 bits per heavy atom. The van der Waals surface area contributed by atoms with Crippen LogP contribution >= 0.6 is 0 Å². The van der Waals surface area contributed by atoms with Crippen LogP contribution in [0, 0.1) is 11.6 Å². The maximum absolute atomic E-state index is 14.2. The SMILES string of the molecule is CCCNC(c1ccc(F)cc1F)C1(OC)CCOCC1. The van der Waals surface area contributed by atoms with E-state index in [2.05, 4.69) is 12.2 Å². The van der Waals surface area contributed by atoms with E-state index in [9.17, 15) is 8.78 Å². The summed E-state index contributed by atoms with van der Waals surface area (Å²) in [5, 5.41) is 3.36. The van der Waals surface area contributed by atoms with E-state index in [4.69, 9.17) is 9.47 Å². The Labute approximate surface area is 124 Å². The van der Waals surface area contributed by atoms with E-state index in [-0.39, 0.29) is 6.04 Å². The summed E-state index contributed by atoms with van der Waals surface area (Å²) in [6.07, 6.45) is 2.29. The van der Waals surface area contributed by atoms with Crippen molar-refractivity contribution < 1.29 is 18.3 Å². The zero-order chi connectivity index (χ0) is 15.3. The van der Waals surface area contributed by atoms with Gasteiger partial charge in [0.1, 0.15) is 11.6 Å². The minimum atomic E-state index is -0.566. The van der Waals surface area contributed by atoms with Gasteiger partial charge in [0.25, 0.3) is 0 Å². The predicted octanol–water partition coefficient (Wildman–Crippen LogP) is 3.20. The Bertz CT molecular complexity index is 462. The normalized spacial score (nSPS) is 19.4. The van der Waals surface area contributed by atoms with Crippen LogP contribution in [0.1, 0.15) is 37.8 Å². The molecule has 0 spiro atoms. The fraction of sp³-hybridized carbons (Fsp3) is 0.625. The van der Waals surface area contributed by atoms with Gasteiger partial charge in [-0.15, -0.1) is 0 Å². The molecule has 1 N–H and O–H groups in total. The zero-order valence-electron chi connectivity index (χ0n) is 12.6. The third kappa shape index (κ3) is 3.59. The smallest absolute Gasteiger partial charge is 0.131 e. The Morgan fingerprint density at radius 1 is 1.33 bits per heavy atom. The van der Waals surface area contributed by atoms with Gasteiger partial charge in [-0.25, -0.2) is 8.78 Å². The van der Waals surface area contributed by atoms with Gasteiger partial charge in [-0.3, -0.25) is 0 Å². The number of ether oxygens (including phenoxy) is 2. The van der Waals surface area contributed by atoms with E-state index in [0.29, 0.717) is 31.6 Å². The molecule has 5 heteroatoms. The molecule has 1 unspecified atom stereocenters. The molecule has 0 aromatic heterocycles. The van der Waals surface area contributed by atoms with Gasteiger partial charge in [-0.2, -0.15) is 0 Å². The average Bonchev–Trinajstić information content (AvgIpc) is 2.50. The zero-order valence-corrected chi connectivity index (χ0v) is 12.6. The van der Waals surface area contributed by atoms with Crippen molar-refractivity contribution in [3.05, 3.63) is 35.4 Å². The van der Waals surface area contributed by atoms with E-state index in [1.807, 2.05) is 0 Å². The molecule has 3 nitrogen and oxygen atoms in total. The van der Waals surface area contributed by atoms with Crippen LogP contribution in [-0.4, -0.2) is 32.5 Å². The molecular weight excluding hydrogens is 276 g/mol. The first-order valence-corrected chi connectivity index (χ1v) is 7.44. The highest BCUT2D eigenvalue weighted by Crippen LogP contribution is 2.38. The molecule has 1 aromatic carbocycles. The molecule has 1 fully saturated rings. The molecule has 1 saturated heterocycles. The number of rotatable bonds is 6. The molecule has 2 rings (SSSR count). The largest absolute Gasteiger partial charge is 0.381 e. The standard InChI is InChI=1S/C16H23F2NO2/c1-3-8-19-15(13-5-4-12(17)11-14(13)18)16(20-2)6-9-21-10-7-16/h4-5,11,15,19H,3,6-10H2,1-2H3. The molecule has 1 aromatic rings. The monoisotopic (exact) mass is 299 g/mol. The third-order valence-corrected chi connectivity index (χ3v) is 4.14. The quantitative estimate of drug-likeness (QED) is 0.875. The second-order valence-corrected chi connectivity index (χ2v) is 5.43. The van der Waals surface area contributed by atoms with Gasteiger partial charge in [-0.1, -0.05) is 13.0 Å². The summed E-state index contributed by atoms with van der Waals surface area (Å²) in [7, 11) is 1.65. The summed E-state index contributed by atoms with van der Waals surface area (Å²) in [5.74, 6) is -1.10. The fourth-order valence-corrected chi connectivity index (χ4v) is 2.93. The first-order valence-electron chi connectivity index (χ1n) is 7.44. The maximum Gasteiger partial charge on any atom is 0.131 e. The molecule has 1 atom stereocenters. The van der Waals surface area contributed by atoms with Crippen molar-refractivity contribution in [3.8, 4) is 0 Å². The van der Waals surface area contributed by atoms with Gasteiger partial charge in [0, 0.05) is 44.8 Å². The van der Waals surface area contributed by atoms with Crippen LogP contribution in [0.4, 0.5) is 8.78 Å². The van der Waals surface area contributed by atoms with E-state index in [1.165, 1.54) is 12.1 Å². The van der Waals surface area contributed by atoms with Crippen LogP contribution in [-0.2, 0) is 9.47 Å². The van der Waals surface area contributed by atoms with Crippen LogP contribution in [0.25, 0.3) is 0 Å². The topological polar surface area (TPSA) is 30.5 Å². The highest BCUT2D eigenvalue weighted by Gasteiger charge is 2.42. The summed E-state index contributed by atoms with van der Waals surface area (Å²) < 4.78 is 38.6. The number of hydrogen-bond acceptors (Lipinski definition) is 3. The van der Waals surface area contributed by atoms with Crippen molar-refractivity contribution in [2.24, 2.45) is 0 Å². The number of halogens is 2. The lowest BCUT2D eigenvalue weighted by Gasteiger charge is -2.43. The van der Waals surface area contributed by atoms with Crippen molar-refractivity contribution in [1.82, 2.24) is 5.32 Å². The Kier molecular flexibility index (Phi) is 5.67. The highest BCUT2D eigenvalue weighted by atomic mass is 19.1. The van der Waals surface area contributed by atoms with Gasteiger partial charge in [-0.05, 0) is 19.0 Å². The van der Waals surface area contributed by atoms with Crippen molar-refractivity contribution in [2.45, 2.75) is 37.8 Å². The first kappa shape index (κ1) is 16.3.